The van der Waals surface area contributed by atoms with E-state index in [0.717, 1.165) is 29.8 Å². The van der Waals surface area contributed by atoms with Crippen molar-refractivity contribution >= 4 is 27.5 Å². The largest absolute Gasteiger partial charge is 0.378 e. The molecule has 0 spiro atoms. The van der Waals surface area contributed by atoms with E-state index in [2.05, 4.69) is 40.2 Å². The van der Waals surface area contributed by atoms with Gasteiger partial charge in [-0.15, -0.1) is 11.6 Å². The van der Waals surface area contributed by atoms with Crippen molar-refractivity contribution in [3.05, 3.63) is 34.3 Å². The first-order valence-electron chi connectivity index (χ1n) is 6.20. The van der Waals surface area contributed by atoms with Crippen LogP contribution in [0.5, 0.6) is 0 Å². The predicted octanol–water partition coefficient (Wildman–Crippen LogP) is 4.42. The Balaban J connectivity index is 1.87. The number of alkyl halides is 1. The standard InChI is InChI=1S/C14H18BrClO/c15-13-5-3-11(4-6-13)8-12(10-16)9-14-2-1-7-17-14/h3-6,12,14H,1-2,7-10H2. The molecule has 1 aliphatic heterocycles. The minimum atomic E-state index is 0.439. The van der Waals surface area contributed by atoms with Crippen LogP contribution >= 0.6 is 27.5 Å². The van der Waals surface area contributed by atoms with Gasteiger partial charge in [-0.2, -0.15) is 0 Å². The van der Waals surface area contributed by atoms with Crippen LogP contribution in [0.15, 0.2) is 28.7 Å². The van der Waals surface area contributed by atoms with Crippen LogP contribution in [0.25, 0.3) is 0 Å². The molecule has 1 heterocycles. The smallest absolute Gasteiger partial charge is 0.0579 e. The van der Waals surface area contributed by atoms with Crippen molar-refractivity contribution in [3.8, 4) is 0 Å². The third-order valence-corrected chi connectivity index (χ3v) is 4.24. The molecule has 1 saturated heterocycles. The lowest BCUT2D eigenvalue weighted by atomic mass is 9.94. The van der Waals surface area contributed by atoms with Gasteiger partial charge in [0.25, 0.3) is 0 Å². The molecule has 0 aromatic heterocycles. The molecule has 1 aromatic rings. The molecule has 2 atom stereocenters. The Labute approximate surface area is 117 Å². The normalized spacial score (nSPS) is 21.6. The molecule has 1 aromatic carbocycles. The van der Waals surface area contributed by atoms with E-state index in [9.17, 15) is 0 Å². The first-order chi connectivity index (χ1) is 8.28. The Bertz CT molecular complexity index is 333. The Morgan fingerprint density at radius 2 is 2.12 bits per heavy atom. The van der Waals surface area contributed by atoms with Gasteiger partial charge in [0.2, 0.25) is 0 Å². The molecular weight excluding hydrogens is 300 g/mol. The van der Waals surface area contributed by atoms with Crippen molar-refractivity contribution in [2.24, 2.45) is 5.92 Å². The van der Waals surface area contributed by atoms with Gasteiger partial charge in [0, 0.05) is 17.0 Å². The van der Waals surface area contributed by atoms with Gasteiger partial charge in [-0.1, -0.05) is 28.1 Å². The summed E-state index contributed by atoms with van der Waals surface area (Å²) in [6.45, 7) is 0.929. The lowest BCUT2D eigenvalue weighted by molar-refractivity contribution is 0.0922. The van der Waals surface area contributed by atoms with Crippen molar-refractivity contribution in [2.75, 3.05) is 12.5 Å². The SMILES string of the molecule is ClCC(Cc1ccc(Br)cc1)CC1CCCO1. The number of halogens is 2. The molecule has 0 saturated carbocycles. The lowest BCUT2D eigenvalue weighted by Gasteiger charge is -2.18. The highest BCUT2D eigenvalue weighted by molar-refractivity contribution is 9.10. The van der Waals surface area contributed by atoms with Crippen molar-refractivity contribution in [2.45, 2.75) is 31.8 Å². The van der Waals surface area contributed by atoms with Gasteiger partial charge in [-0.05, 0) is 49.3 Å². The van der Waals surface area contributed by atoms with Gasteiger partial charge < -0.3 is 4.74 Å². The van der Waals surface area contributed by atoms with Crippen LogP contribution in [0.3, 0.4) is 0 Å². The molecule has 0 N–H and O–H groups in total. The van der Waals surface area contributed by atoms with E-state index in [-0.39, 0.29) is 0 Å². The summed E-state index contributed by atoms with van der Waals surface area (Å²) in [5, 5.41) is 0. The Hall–Kier alpha value is -0.0500. The Morgan fingerprint density at radius 3 is 2.71 bits per heavy atom. The van der Waals surface area contributed by atoms with Gasteiger partial charge in [-0.25, -0.2) is 0 Å². The molecular formula is C14H18BrClO. The van der Waals surface area contributed by atoms with Crippen LogP contribution in [0.1, 0.15) is 24.8 Å². The van der Waals surface area contributed by atoms with Crippen LogP contribution in [-0.2, 0) is 11.2 Å². The van der Waals surface area contributed by atoms with Gasteiger partial charge in [0.1, 0.15) is 0 Å². The number of benzene rings is 1. The van der Waals surface area contributed by atoms with Crippen molar-refractivity contribution < 1.29 is 4.74 Å². The number of rotatable bonds is 5. The summed E-state index contributed by atoms with van der Waals surface area (Å²) in [4.78, 5) is 0. The van der Waals surface area contributed by atoms with E-state index in [0.29, 0.717) is 12.0 Å². The zero-order valence-corrected chi connectivity index (χ0v) is 12.2. The minimum absolute atomic E-state index is 0.439. The minimum Gasteiger partial charge on any atom is -0.378 e. The molecule has 0 bridgehead atoms. The quantitative estimate of drug-likeness (QED) is 0.731. The third kappa shape index (κ3) is 4.27. The maximum absolute atomic E-state index is 6.06. The molecule has 0 radical (unpaired) electrons. The van der Waals surface area contributed by atoms with Gasteiger partial charge >= 0.3 is 0 Å². The van der Waals surface area contributed by atoms with Crippen LogP contribution in [0.2, 0.25) is 0 Å². The summed E-state index contributed by atoms with van der Waals surface area (Å²) in [7, 11) is 0. The van der Waals surface area contributed by atoms with E-state index < -0.39 is 0 Å². The summed E-state index contributed by atoms with van der Waals surface area (Å²) in [5.41, 5.74) is 1.36. The molecule has 0 aliphatic carbocycles. The number of hydrogen-bond acceptors (Lipinski definition) is 1. The first-order valence-corrected chi connectivity index (χ1v) is 7.52. The molecule has 17 heavy (non-hydrogen) atoms. The average Bonchev–Trinajstić information content (AvgIpc) is 2.84. The highest BCUT2D eigenvalue weighted by Gasteiger charge is 2.20. The van der Waals surface area contributed by atoms with Crippen molar-refractivity contribution in [1.82, 2.24) is 0 Å². The first kappa shape index (κ1) is 13.4. The molecule has 1 aliphatic rings. The summed E-state index contributed by atoms with van der Waals surface area (Å²) in [5.74, 6) is 1.25. The second kappa shape index (κ2) is 6.77. The van der Waals surface area contributed by atoms with E-state index in [1.54, 1.807) is 0 Å². The van der Waals surface area contributed by atoms with Gasteiger partial charge in [-0.3, -0.25) is 0 Å². The van der Waals surface area contributed by atoms with Gasteiger partial charge in [0.05, 0.1) is 6.10 Å². The molecule has 94 valence electrons. The highest BCUT2D eigenvalue weighted by atomic mass is 79.9. The van der Waals surface area contributed by atoms with Crippen LogP contribution in [0, 0.1) is 5.92 Å². The monoisotopic (exact) mass is 316 g/mol. The summed E-state index contributed by atoms with van der Waals surface area (Å²) >= 11 is 9.52. The molecule has 0 amide bonds. The maximum Gasteiger partial charge on any atom is 0.0579 e. The van der Waals surface area contributed by atoms with Crippen LogP contribution in [0.4, 0.5) is 0 Å². The summed E-state index contributed by atoms with van der Waals surface area (Å²) < 4.78 is 6.80. The Morgan fingerprint density at radius 1 is 1.35 bits per heavy atom. The van der Waals surface area contributed by atoms with E-state index in [4.69, 9.17) is 16.3 Å². The molecule has 1 nitrogen and oxygen atoms in total. The fourth-order valence-electron chi connectivity index (χ4n) is 2.36. The molecule has 2 unspecified atom stereocenters. The van der Waals surface area contributed by atoms with E-state index in [1.165, 1.54) is 18.4 Å². The number of hydrogen-bond donors (Lipinski definition) is 0. The average molecular weight is 318 g/mol. The third-order valence-electron chi connectivity index (χ3n) is 3.28. The fourth-order valence-corrected chi connectivity index (χ4v) is 2.86. The van der Waals surface area contributed by atoms with Crippen molar-refractivity contribution in [1.29, 1.82) is 0 Å². The van der Waals surface area contributed by atoms with Crippen LogP contribution < -0.4 is 0 Å². The topological polar surface area (TPSA) is 9.23 Å². The zero-order chi connectivity index (χ0) is 12.1. The number of ether oxygens (including phenoxy) is 1. The molecule has 1 fully saturated rings. The fraction of sp³-hybridized carbons (Fsp3) is 0.571. The second-order valence-electron chi connectivity index (χ2n) is 4.72. The van der Waals surface area contributed by atoms with Crippen LogP contribution in [-0.4, -0.2) is 18.6 Å². The lowest BCUT2D eigenvalue weighted by Crippen LogP contribution is -2.16. The van der Waals surface area contributed by atoms with Crippen molar-refractivity contribution in [3.63, 3.8) is 0 Å². The van der Waals surface area contributed by atoms with Gasteiger partial charge in [0.15, 0.2) is 0 Å². The molecule has 3 heteroatoms. The summed E-state index contributed by atoms with van der Waals surface area (Å²) in [6.07, 6.45) is 5.00. The zero-order valence-electron chi connectivity index (χ0n) is 9.87. The summed E-state index contributed by atoms with van der Waals surface area (Å²) in [6, 6.07) is 8.51. The maximum atomic E-state index is 6.06. The predicted molar refractivity (Wildman–Crippen MR) is 75.6 cm³/mol. The molecule has 2 rings (SSSR count). The highest BCUT2D eigenvalue weighted by Crippen LogP contribution is 2.24. The van der Waals surface area contributed by atoms with E-state index >= 15 is 0 Å². The Kier molecular flexibility index (Phi) is 5.33. The van der Waals surface area contributed by atoms with E-state index in [1.807, 2.05) is 0 Å². The second-order valence-corrected chi connectivity index (χ2v) is 5.95.